The second kappa shape index (κ2) is 9.31. The van der Waals surface area contributed by atoms with Crippen LogP contribution in [0.5, 0.6) is 5.75 Å². The van der Waals surface area contributed by atoms with Crippen molar-refractivity contribution in [1.82, 2.24) is 5.32 Å². The van der Waals surface area contributed by atoms with Gasteiger partial charge in [-0.3, -0.25) is 4.79 Å². The van der Waals surface area contributed by atoms with Crippen LogP contribution in [0.25, 0.3) is 33.1 Å². The quantitative estimate of drug-likeness (QED) is 0.295. The molecule has 0 aliphatic carbocycles. The third-order valence-electron chi connectivity index (χ3n) is 6.12. The van der Waals surface area contributed by atoms with Crippen LogP contribution >= 0.6 is 11.6 Å². The van der Waals surface area contributed by atoms with Gasteiger partial charge in [-0.15, -0.1) is 0 Å². The third-order valence-corrected chi connectivity index (χ3v) is 6.37. The Morgan fingerprint density at radius 1 is 1.00 bits per heavy atom. The minimum Gasteiger partial charge on any atom is -0.497 e. The standard InChI is InChI=1S/C28H22ClNO5/c1-16-21-11-23-24(18-5-7-19(29)8-6-18)15-34-25(23)13-26(21)35-28(32)22(16)12-27(31)30-14-17-3-9-20(33-2)10-4-17/h3-11,13,15H,12,14H2,1-2H3,(H,30,31). The third kappa shape index (κ3) is 4.53. The maximum Gasteiger partial charge on any atom is 0.340 e. The fraction of sp³-hybridized carbons (Fsp3) is 0.143. The zero-order chi connectivity index (χ0) is 24.5. The molecule has 0 aliphatic heterocycles. The Kier molecular flexibility index (Phi) is 6.05. The van der Waals surface area contributed by atoms with E-state index < -0.39 is 5.63 Å². The molecule has 2 aromatic heterocycles. The number of halogens is 1. The average molecular weight is 488 g/mol. The molecule has 1 N–H and O–H groups in total. The number of rotatable bonds is 6. The lowest BCUT2D eigenvalue weighted by atomic mass is 9.99. The summed E-state index contributed by atoms with van der Waals surface area (Å²) in [5.41, 5.74) is 4.33. The zero-order valence-corrected chi connectivity index (χ0v) is 19.9. The van der Waals surface area contributed by atoms with Crippen molar-refractivity contribution in [3.8, 4) is 16.9 Å². The first-order chi connectivity index (χ1) is 16.9. The summed E-state index contributed by atoms with van der Waals surface area (Å²) in [6, 6.07) is 18.6. The number of nitrogens with one attached hydrogen (secondary N) is 1. The highest BCUT2D eigenvalue weighted by molar-refractivity contribution is 6.30. The summed E-state index contributed by atoms with van der Waals surface area (Å²) in [6.07, 6.45) is 1.60. The molecule has 0 unspecified atom stereocenters. The number of furan rings is 1. The number of amides is 1. The summed E-state index contributed by atoms with van der Waals surface area (Å²) < 4.78 is 16.5. The highest BCUT2D eigenvalue weighted by Gasteiger charge is 2.18. The van der Waals surface area contributed by atoms with Gasteiger partial charge in [-0.1, -0.05) is 35.9 Å². The van der Waals surface area contributed by atoms with Crippen molar-refractivity contribution in [2.75, 3.05) is 7.11 Å². The summed E-state index contributed by atoms with van der Waals surface area (Å²) in [6.45, 7) is 2.18. The fourth-order valence-corrected chi connectivity index (χ4v) is 4.26. The highest BCUT2D eigenvalue weighted by atomic mass is 35.5. The Morgan fingerprint density at radius 3 is 2.46 bits per heavy atom. The van der Waals surface area contributed by atoms with Gasteiger partial charge in [-0.25, -0.2) is 4.79 Å². The first kappa shape index (κ1) is 22.7. The van der Waals surface area contributed by atoms with Gasteiger partial charge in [0.15, 0.2) is 0 Å². The normalized spacial score (nSPS) is 11.2. The molecule has 5 rings (SSSR count). The van der Waals surface area contributed by atoms with Crippen molar-refractivity contribution in [2.45, 2.75) is 19.9 Å². The lowest BCUT2D eigenvalue weighted by Gasteiger charge is -2.09. The SMILES string of the molecule is COc1ccc(CNC(=O)Cc2c(C)c3cc4c(-c5ccc(Cl)cc5)coc4cc3oc2=O)cc1. The van der Waals surface area contributed by atoms with E-state index in [1.165, 1.54) is 0 Å². The topological polar surface area (TPSA) is 81.7 Å². The number of carbonyl (C=O) groups excluding carboxylic acids is 1. The molecule has 2 heterocycles. The number of hydrogen-bond acceptors (Lipinski definition) is 5. The van der Waals surface area contributed by atoms with Gasteiger partial charge in [0.05, 0.1) is 25.4 Å². The lowest BCUT2D eigenvalue weighted by molar-refractivity contribution is -0.120. The number of hydrogen-bond donors (Lipinski definition) is 1. The van der Waals surface area contributed by atoms with Crippen LogP contribution in [0.1, 0.15) is 16.7 Å². The molecule has 176 valence electrons. The van der Waals surface area contributed by atoms with Crippen molar-refractivity contribution in [1.29, 1.82) is 0 Å². The van der Waals surface area contributed by atoms with Crippen LogP contribution < -0.4 is 15.7 Å². The van der Waals surface area contributed by atoms with Gasteiger partial charge in [0.2, 0.25) is 5.91 Å². The lowest BCUT2D eigenvalue weighted by Crippen LogP contribution is -2.27. The Balaban J connectivity index is 1.44. The van der Waals surface area contributed by atoms with E-state index in [0.29, 0.717) is 33.9 Å². The smallest absolute Gasteiger partial charge is 0.340 e. The van der Waals surface area contributed by atoms with Gasteiger partial charge < -0.3 is 18.9 Å². The van der Waals surface area contributed by atoms with Crippen LogP contribution in [0.15, 0.2) is 80.6 Å². The molecule has 0 saturated heterocycles. The first-order valence-corrected chi connectivity index (χ1v) is 11.4. The maximum atomic E-state index is 12.7. The number of ether oxygens (including phenoxy) is 1. The highest BCUT2D eigenvalue weighted by Crippen LogP contribution is 2.35. The molecule has 0 spiro atoms. The predicted molar refractivity (Wildman–Crippen MR) is 136 cm³/mol. The summed E-state index contributed by atoms with van der Waals surface area (Å²) in [4.78, 5) is 25.4. The molecule has 6 nitrogen and oxygen atoms in total. The molecule has 0 bridgehead atoms. The predicted octanol–water partition coefficient (Wildman–Crippen LogP) is 6.04. The van der Waals surface area contributed by atoms with Gasteiger partial charge in [-0.05, 0) is 53.9 Å². The molecule has 0 aliphatic rings. The first-order valence-electron chi connectivity index (χ1n) is 11.1. The molecule has 0 saturated carbocycles. The van der Waals surface area contributed by atoms with E-state index >= 15 is 0 Å². The average Bonchev–Trinajstić information content (AvgIpc) is 3.28. The summed E-state index contributed by atoms with van der Waals surface area (Å²) >= 11 is 6.03. The Labute approximate surface area is 206 Å². The zero-order valence-electron chi connectivity index (χ0n) is 19.2. The second-order valence-electron chi connectivity index (χ2n) is 8.30. The molecule has 5 aromatic rings. The van der Waals surface area contributed by atoms with Gasteiger partial charge in [0.1, 0.15) is 16.9 Å². The van der Waals surface area contributed by atoms with Gasteiger partial charge in [0, 0.05) is 34.0 Å². The molecule has 0 fully saturated rings. The molecule has 1 amide bonds. The number of benzene rings is 3. The van der Waals surface area contributed by atoms with E-state index in [0.717, 1.165) is 33.2 Å². The van der Waals surface area contributed by atoms with Crippen LogP contribution in [0.2, 0.25) is 5.02 Å². The minimum absolute atomic E-state index is 0.0757. The Bertz CT molecular complexity index is 1600. The molecule has 3 aromatic carbocycles. The number of fused-ring (bicyclic) bond motifs is 2. The second-order valence-corrected chi connectivity index (χ2v) is 8.73. The van der Waals surface area contributed by atoms with E-state index in [1.54, 1.807) is 19.4 Å². The Morgan fingerprint density at radius 2 is 1.74 bits per heavy atom. The van der Waals surface area contributed by atoms with E-state index in [-0.39, 0.29) is 12.3 Å². The maximum absolute atomic E-state index is 12.7. The number of carbonyl (C=O) groups is 1. The van der Waals surface area contributed by atoms with Crippen molar-refractivity contribution in [3.05, 3.63) is 99.1 Å². The summed E-state index contributed by atoms with van der Waals surface area (Å²) in [5, 5.41) is 5.15. The van der Waals surface area contributed by atoms with Crippen molar-refractivity contribution >= 4 is 39.4 Å². The minimum atomic E-state index is -0.529. The molecule has 35 heavy (non-hydrogen) atoms. The Hall–Kier alpha value is -4.03. The molecular weight excluding hydrogens is 466 g/mol. The van der Waals surface area contributed by atoms with E-state index in [9.17, 15) is 9.59 Å². The number of methoxy groups -OCH3 is 1. The van der Waals surface area contributed by atoms with Crippen LogP contribution in [0, 0.1) is 6.92 Å². The van der Waals surface area contributed by atoms with Crippen LogP contribution in [-0.4, -0.2) is 13.0 Å². The van der Waals surface area contributed by atoms with Crippen LogP contribution in [0.4, 0.5) is 0 Å². The van der Waals surface area contributed by atoms with E-state index in [2.05, 4.69) is 5.32 Å². The van der Waals surface area contributed by atoms with Crippen molar-refractivity contribution < 1.29 is 18.4 Å². The monoisotopic (exact) mass is 487 g/mol. The fourth-order valence-electron chi connectivity index (χ4n) is 4.13. The molecule has 7 heteroatoms. The molecule has 0 atom stereocenters. The van der Waals surface area contributed by atoms with E-state index in [4.69, 9.17) is 25.2 Å². The van der Waals surface area contributed by atoms with Crippen LogP contribution in [-0.2, 0) is 17.8 Å². The van der Waals surface area contributed by atoms with E-state index in [1.807, 2.05) is 61.5 Å². The van der Waals surface area contributed by atoms with Crippen LogP contribution in [0.3, 0.4) is 0 Å². The summed E-state index contributed by atoms with van der Waals surface area (Å²) in [7, 11) is 1.60. The molecule has 0 radical (unpaired) electrons. The number of aryl methyl sites for hydroxylation is 1. The van der Waals surface area contributed by atoms with Gasteiger partial charge >= 0.3 is 5.63 Å². The van der Waals surface area contributed by atoms with Crippen molar-refractivity contribution in [3.63, 3.8) is 0 Å². The molecular formula is C28H22ClNO5. The van der Waals surface area contributed by atoms with Gasteiger partial charge in [-0.2, -0.15) is 0 Å². The largest absolute Gasteiger partial charge is 0.497 e. The van der Waals surface area contributed by atoms with Gasteiger partial charge in [0.25, 0.3) is 0 Å². The summed E-state index contributed by atoms with van der Waals surface area (Å²) in [5.74, 6) is 0.484. The van der Waals surface area contributed by atoms with Crippen molar-refractivity contribution in [2.24, 2.45) is 0 Å².